The summed E-state index contributed by atoms with van der Waals surface area (Å²) in [5, 5.41) is 7.99. The number of nitrogens with one attached hydrogen (secondary N) is 1. The van der Waals surface area contributed by atoms with Gasteiger partial charge in [0, 0.05) is 44.2 Å². The van der Waals surface area contributed by atoms with Crippen molar-refractivity contribution in [3.63, 3.8) is 0 Å². The van der Waals surface area contributed by atoms with Crippen LogP contribution in [-0.2, 0) is 13.0 Å². The Kier molecular flexibility index (Phi) is 7.08. The summed E-state index contributed by atoms with van der Waals surface area (Å²) in [5.74, 6) is 2.72. The molecule has 3 aromatic rings. The zero-order valence-electron chi connectivity index (χ0n) is 16.7. The van der Waals surface area contributed by atoms with Crippen molar-refractivity contribution >= 4 is 17.6 Å². The first-order chi connectivity index (χ1) is 14.1. The lowest BCUT2D eigenvalue weighted by Gasteiger charge is -2.22. The number of guanidine groups is 1. The standard InChI is InChI=1S/C21H24ClN5O2/c1-23-21(27(2)14-15-7-9-18(28-3)10-8-15)24-12-11-19-25-20(26-29-19)16-5-4-6-17(22)13-16/h4-10,13H,11-12,14H2,1-3H3,(H,23,24). The van der Waals surface area contributed by atoms with E-state index in [4.69, 9.17) is 20.9 Å². The summed E-state index contributed by atoms with van der Waals surface area (Å²) >= 11 is 6.02. The second-order valence-corrected chi connectivity index (χ2v) is 6.89. The van der Waals surface area contributed by atoms with E-state index in [-0.39, 0.29) is 0 Å². The fourth-order valence-electron chi connectivity index (χ4n) is 2.85. The third kappa shape index (κ3) is 5.71. The van der Waals surface area contributed by atoms with Gasteiger partial charge in [-0.05, 0) is 29.8 Å². The monoisotopic (exact) mass is 413 g/mol. The fraction of sp³-hybridized carbons (Fsp3) is 0.286. The van der Waals surface area contributed by atoms with Gasteiger partial charge in [0.15, 0.2) is 5.96 Å². The van der Waals surface area contributed by atoms with Crippen LogP contribution in [0.3, 0.4) is 0 Å². The highest BCUT2D eigenvalue weighted by Crippen LogP contribution is 2.20. The van der Waals surface area contributed by atoms with Crippen LogP contribution in [-0.4, -0.2) is 48.8 Å². The third-order valence-electron chi connectivity index (χ3n) is 4.33. The number of nitrogens with zero attached hydrogens (tertiary/aromatic N) is 4. The Balaban J connectivity index is 1.51. The highest BCUT2D eigenvalue weighted by molar-refractivity contribution is 6.30. The van der Waals surface area contributed by atoms with Crippen LogP contribution in [0.1, 0.15) is 11.5 Å². The van der Waals surface area contributed by atoms with Crippen molar-refractivity contribution in [2.24, 2.45) is 4.99 Å². The molecule has 0 bridgehead atoms. The Morgan fingerprint density at radius 1 is 1.24 bits per heavy atom. The van der Waals surface area contributed by atoms with Crippen molar-refractivity contribution in [3.8, 4) is 17.1 Å². The Labute approximate surface area is 175 Å². The molecule has 0 aliphatic heterocycles. The summed E-state index contributed by atoms with van der Waals surface area (Å²) in [7, 11) is 5.41. The van der Waals surface area contributed by atoms with Crippen LogP contribution in [0.15, 0.2) is 58.0 Å². The molecule has 1 N–H and O–H groups in total. The van der Waals surface area contributed by atoms with Crippen LogP contribution in [0.2, 0.25) is 5.02 Å². The van der Waals surface area contributed by atoms with Crippen LogP contribution < -0.4 is 10.1 Å². The van der Waals surface area contributed by atoms with Crippen molar-refractivity contribution in [3.05, 3.63) is 65.0 Å². The molecule has 0 spiro atoms. The van der Waals surface area contributed by atoms with Gasteiger partial charge in [0.25, 0.3) is 0 Å². The van der Waals surface area contributed by atoms with Gasteiger partial charge in [0.05, 0.1) is 7.11 Å². The summed E-state index contributed by atoms with van der Waals surface area (Å²) in [6.07, 6.45) is 0.586. The van der Waals surface area contributed by atoms with Crippen molar-refractivity contribution in [2.75, 3.05) is 27.7 Å². The lowest BCUT2D eigenvalue weighted by Crippen LogP contribution is -2.39. The molecule has 1 heterocycles. The molecule has 0 radical (unpaired) electrons. The fourth-order valence-corrected chi connectivity index (χ4v) is 3.04. The van der Waals surface area contributed by atoms with Crippen molar-refractivity contribution in [1.29, 1.82) is 0 Å². The molecule has 0 aliphatic carbocycles. The number of aromatic nitrogens is 2. The van der Waals surface area contributed by atoms with Crippen molar-refractivity contribution < 1.29 is 9.26 Å². The van der Waals surface area contributed by atoms with Crippen LogP contribution in [0, 0.1) is 0 Å². The maximum Gasteiger partial charge on any atom is 0.228 e. The molecule has 7 nitrogen and oxygen atoms in total. The number of methoxy groups -OCH3 is 1. The molecule has 0 fully saturated rings. The highest BCUT2D eigenvalue weighted by Gasteiger charge is 2.11. The number of halogens is 1. The molecule has 0 unspecified atom stereocenters. The molecule has 0 aliphatic rings. The smallest absolute Gasteiger partial charge is 0.228 e. The molecule has 1 aromatic heterocycles. The molecule has 2 aromatic carbocycles. The summed E-state index contributed by atoms with van der Waals surface area (Å²) in [4.78, 5) is 10.8. The van der Waals surface area contributed by atoms with E-state index in [2.05, 4.69) is 20.4 Å². The quantitative estimate of drug-likeness (QED) is 0.470. The molecule has 29 heavy (non-hydrogen) atoms. The van der Waals surface area contributed by atoms with E-state index in [1.165, 1.54) is 5.56 Å². The van der Waals surface area contributed by atoms with E-state index in [9.17, 15) is 0 Å². The summed E-state index contributed by atoms with van der Waals surface area (Å²) < 4.78 is 10.5. The van der Waals surface area contributed by atoms with E-state index in [1.807, 2.05) is 60.5 Å². The predicted octanol–water partition coefficient (Wildman–Crippen LogP) is 3.65. The number of aliphatic imine (C=N–C) groups is 1. The molecule has 8 heteroatoms. The number of ether oxygens (including phenoxy) is 1. The average Bonchev–Trinajstić information content (AvgIpc) is 3.21. The average molecular weight is 414 g/mol. The largest absolute Gasteiger partial charge is 0.497 e. The van der Waals surface area contributed by atoms with Crippen molar-refractivity contribution in [1.82, 2.24) is 20.4 Å². The zero-order valence-corrected chi connectivity index (χ0v) is 17.5. The predicted molar refractivity (Wildman–Crippen MR) is 114 cm³/mol. The van der Waals surface area contributed by atoms with Gasteiger partial charge < -0.3 is 19.5 Å². The SMILES string of the molecule is CN=C(NCCc1nc(-c2cccc(Cl)c2)no1)N(C)Cc1ccc(OC)cc1. The second-order valence-electron chi connectivity index (χ2n) is 6.45. The van der Waals surface area contributed by atoms with Crippen LogP contribution >= 0.6 is 11.6 Å². The molecule has 152 valence electrons. The van der Waals surface area contributed by atoms with Gasteiger partial charge in [-0.25, -0.2) is 0 Å². The van der Waals surface area contributed by atoms with Gasteiger partial charge in [-0.3, -0.25) is 4.99 Å². The maximum absolute atomic E-state index is 6.02. The van der Waals surface area contributed by atoms with E-state index >= 15 is 0 Å². The van der Waals surface area contributed by atoms with Crippen LogP contribution in [0.5, 0.6) is 5.75 Å². The lowest BCUT2D eigenvalue weighted by atomic mass is 10.2. The summed E-state index contributed by atoms with van der Waals surface area (Å²) in [6, 6.07) is 15.4. The second kappa shape index (κ2) is 9.93. The molecule has 0 amide bonds. The van der Waals surface area contributed by atoms with Crippen LogP contribution in [0.25, 0.3) is 11.4 Å². The Morgan fingerprint density at radius 2 is 2.03 bits per heavy atom. The van der Waals surface area contributed by atoms with E-state index in [1.54, 1.807) is 14.2 Å². The Morgan fingerprint density at radius 3 is 2.72 bits per heavy atom. The van der Waals surface area contributed by atoms with Gasteiger partial charge in [-0.1, -0.05) is 41.0 Å². The Hall–Kier alpha value is -3.06. The van der Waals surface area contributed by atoms with E-state index in [0.29, 0.717) is 29.7 Å². The van der Waals surface area contributed by atoms with Gasteiger partial charge >= 0.3 is 0 Å². The number of hydrogen-bond acceptors (Lipinski definition) is 5. The maximum atomic E-state index is 6.02. The van der Waals surface area contributed by atoms with E-state index < -0.39 is 0 Å². The highest BCUT2D eigenvalue weighted by atomic mass is 35.5. The normalized spacial score (nSPS) is 11.4. The van der Waals surface area contributed by atoms with Gasteiger partial charge in [-0.15, -0.1) is 0 Å². The topological polar surface area (TPSA) is 75.8 Å². The molecular formula is C21H24ClN5O2. The lowest BCUT2D eigenvalue weighted by molar-refractivity contribution is 0.377. The van der Waals surface area contributed by atoms with Crippen molar-refractivity contribution in [2.45, 2.75) is 13.0 Å². The minimum Gasteiger partial charge on any atom is -0.497 e. The summed E-state index contributed by atoms with van der Waals surface area (Å²) in [6.45, 7) is 1.35. The van der Waals surface area contributed by atoms with Crippen LogP contribution in [0.4, 0.5) is 0 Å². The third-order valence-corrected chi connectivity index (χ3v) is 4.56. The molecular weight excluding hydrogens is 390 g/mol. The van der Waals surface area contributed by atoms with E-state index in [0.717, 1.165) is 23.8 Å². The number of hydrogen-bond donors (Lipinski definition) is 1. The summed E-state index contributed by atoms with van der Waals surface area (Å²) in [5.41, 5.74) is 2.00. The molecule has 0 saturated carbocycles. The molecule has 0 saturated heterocycles. The van der Waals surface area contributed by atoms with Gasteiger partial charge in [0.2, 0.25) is 11.7 Å². The number of rotatable bonds is 7. The first kappa shape index (κ1) is 20.7. The number of benzene rings is 2. The zero-order chi connectivity index (χ0) is 20.6. The minimum atomic E-state index is 0.531. The first-order valence-corrected chi connectivity index (χ1v) is 9.60. The van der Waals surface area contributed by atoms with Gasteiger partial charge in [-0.2, -0.15) is 4.98 Å². The molecule has 3 rings (SSSR count). The first-order valence-electron chi connectivity index (χ1n) is 9.22. The van der Waals surface area contributed by atoms with Gasteiger partial charge in [0.1, 0.15) is 5.75 Å². The molecule has 0 atom stereocenters. The minimum absolute atomic E-state index is 0.531. The Bertz CT molecular complexity index is 956.